The Hall–Kier alpha value is -2.58. The Kier molecular flexibility index (Phi) is 7.93. The monoisotopic (exact) mass is 537 g/mol. The van der Waals surface area contributed by atoms with Crippen LogP contribution in [0.15, 0.2) is 64.4 Å². The van der Waals surface area contributed by atoms with Crippen LogP contribution in [0.4, 0.5) is 13.2 Å². The molecular formula is C26H27BrF3NO3. The summed E-state index contributed by atoms with van der Waals surface area (Å²) >= 11 is 3.45. The summed E-state index contributed by atoms with van der Waals surface area (Å²) < 4.78 is 52.6. The van der Waals surface area contributed by atoms with Gasteiger partial charge in [-0.1, -0.05) is 22.5 Å². The molecule has 0 bridgehead atoms. The standard InChI is InChI=1S/C26H27BrF3NO3/c1-15-10-18(27)6-5-9-34-25-19(15)11-16(2)31(14-26(3,4)30)24(25)23-20(28)12-17(13-21(23)29)7-8-22(32)33/h5-8,10,12-13,16,24H,1,9,11,14H2,2-4H3,(H,32,33)/b6-5-,8-7+,18-10+. The summed E-state index contributed by atoms with van der Waals surface area (Å²) in [6.07, 6.45) is 7.74. The van der Waals surface area contributed by atoms with Crippen LogP contribution in [-0.2, 0) is 9.53 Å². The lowest BCUT2D eigenvalue weighted by atomic mass is 9.85. The number of carboxylic acids is 1. The highest BCUT2D eigenvalue weighted by molar-refractivity contribution is 9.11. The van der Waals surface area contributed by atoms with E-state index in [0.717, 1.165) is 28.8 Å². The molecule has 8 heteroatoms. The minimum atomic E-state index is -1.64. The third kappa shape index (κ3) is 6.10. The van der Waals surface area contributed by atoms with E-state index in [1.54, 1.807) is 17.1 Å². The summed E-state index contributed by atoms with van der Waals surface area (Å²) in [7, 11) is 0. The number of hydrogen-bond acceptors (Lipinski definition) is 3. The molecule has 0 radical (unpaired) electrons. The zero-order valence-corrected chi connectivity index (χ0v) is 20.8. The maximum atomic E-state index is 15.5. The number of ether oxygens (including phenoxy) is 1. The minimum Gasteiger partial charge on any atom is -0.492 e. The van der Waals surface area contributed by atoms with Gasteiger partial charge in [-0.25, -0.2) is 18.0 Å². The summed E-state index contributed by atoms with van der Waals surface area (Å²) in [6, 6.07) is 0.819. The lowest BCUT2D eigenvalue weighted by molar-refractivity contribution is -0.131. The molecule has 2 unspecified atom stereocenters. The summed E-state index contributed by atoms with van der Waals surface area (Å²) in [6.45, 7) is 8.90. The highest BCUT2D eigenvalue weighted by atomic mass is 79.9. The van der Waals surface area contributed by atoms with Crippen molar-refractivity contribution in [3.05, 3.63) is 87.2 Å². The van der Waals surface area contributed by atoms with Crippen molar-refractivity contribution in [2.75, 3.05) is 13.2 Å². The Balaban J connectivity index is 2.23. The van der Waals surface area contributed by atoms with Crippen LogP contribution in [0.25, 0.3) is 6.08 Å². The summed E-state index contributed by atoms with van der Waals surface area (Å²) in [4.78, 5) is 12.5. The van der Waals surface area contributed by atoms with Gasteiger partial charge in [-0.2, -0.15) is 0 Å². The Bertz CT molecular complexity index is 1090. The molecule has 0 saturated carbocycles. The van der Waals surface area contributed by atoms with E-state index < -0.39 is 29.3 Å². The van der Waals surface area contributed by atoms with Gasteiger partial charge < -0.3 is 9.84 Å². The third-order valence-corrected chi connectivity index (χ3v) is 6.10. The van der Waals surface area contributed by atoms with Crippen molar-refractivity contribution in [1.82, 2.24) is 4.90 Å². The number of carboxylic acid groups (broad SMARTS) is 1. The van der Waals surface area contributed by atoms with Crippen LogP contribution in [0.5, 0.6) is 0 Å². The van der Waals surface area contributed by atoms with Gasteiger partial charge in [0.25, 0.3) is 0 Å². The van der Waals surface area contributed by atoms with E-state index in [-0.39, 0.29) is 30.3 Å². The molecule has 0 amide bonds. The van der Waals surface area contributed by atoms with Crippen LogP contribution < -0.4 is 0 Å². The molecule has 2 aliphatic rings. The summed E-state index contributed by atoms with van der Waals surface area (Å²) in [5, 5.41) is 8.83. The quantitative estimate of drug-likeness (QED) is 0.428. The third-order valence-electron chi connectivity index (χ3n) is 5.61. The molecule has 2 atom stereocenters. The van der Waals surface area contributed by atoms with Crippen molar-refractivity contribution >= 4 is 28.0 Å². The first kappa shape index (κ1) is 26.0. The fourth-order valence-electron chi connectivity index (χ4n) is 4.25. The number of nitrogens with zero attached hydrogens (tertiary/aromatic N) is 1. The smallest absolute Gasteiger partial charge is 0.328 e. The Morgan fingerprint density at radius 3 is 2.59 bits per heavy atom. The van der Waals surface area contributed by atoms with Crippen LogP contribution in [0.1, 0.15) is 44.4 Å². The van der Waals surface area contributed by atoms with Gasteiger partial charge in [0.05, 0.1) is 6.04 Å². The van der Waals surface area contributed by atoms with Gasteiger partial charge in [0.15, 0.2) is 0 Å². The Labute approximate surface area is 205 Å². The minimum absolute atomic E-state index is 0.0613. The van der Waals surface area contributed by atoms with Gasteiger partial charge in [-0.3, -0.25) is 4.90 Å². The highest BCUT2D eigenvalue weighted by Gasteiger charge is 2.42. The lowest BCUT2D eigenvalue weighted by Gasteiger charge is -2.44. The normalized spacial score (nSPS) is 24.6. The van der Waals surface area contributed by atoms with Crippen LogP contribution in [-0.4, -0.2) is 40.8 Å². The van der Waals surface area contributed by atoms with Crippen molar-refractivity contribution in [2.24, 2.45) is 0 Å². The lowest BCUT2D eigenvalue weighted by Crippen LogP contribution is -2.48. The number of hydrogen-bond donors (Lipinski definition) is 1. The van der Waals surface area contributed by atoms with E-state index in [2.05, 4.69) is 22.5 Å². The van der Waals surface area contributed by atoms with Crippen molar-refractivity contribution in [3.63, 3.8) is 0 Å². The molecule has 0 spiro atoms. The van der Waals surface area contributed by atoms with Crippen LogP contribution in [0.3, 0.4) is 0 Å². The van der Waals surface area contributed by atoms with E-state index in [4.69, 9.17) is 9.84 Å². The van der Waals surface area contributed by atoms with Crippen molar-refractivity contribution < 1.29 is 27.8 Å². The second kappa shape index (κ2) is 10.4. The van der Waals surface area contributed by atoms with Crippen LogP contribution >= 0.6 is 15.9 Å². The number of benzene rings is 1. The molecule has 182 valence electrons. The highest BCUT2D eigenvalue weighted by Crippen LogP contribution is 2.45. The second-order valence-corrected chi connectivity index (χ2v) is 9.94. The predicted octanol–water partition coefficient (Wildman–Crippen LogP) is 6.62. The number of carbonyl (C=O) groups is 1. The predicted molar refractivity (Wildman–Crippen MR) is 130 cm³/mol. The summed E-state index contributed by atoms with van der Waals surface area (Å²) in [5.74, 6) is -2.66. The van der Waals surface area contributed by atoms with E-state index >= 15 is 8.78 Å². The van der Waals surface area contributed by atoms with Gasteiger partial charge in [-0.15, -0.1) is 0 Å². The first-order valence-electron chi connectivity index (χ1n) is 10.8. The van der Waals surface area contributed by atoms with E-state index in [9.17, 15) is 9.18 Å². The number of aliphatic carboxylic acids is 1. The SMILES string of the molecule is C=C1/C=C(Br)\C=C/COC2=C1CC(C)N(CC(C)(C)F)C2c1c(F)cc(/C=C/C(=O)O)cc1F. The fraction of sp³-hybridized carbons (Fsp3) is 0.346. The van der Waals surface area contributed by atoms with Crippen LogP contribution in [0.2, 0.25) is 0 Å². The number of rotatable bonds is 5. The maximum Gasteiger partial charge on any atom is 0.328 e. The average Bonchev–Trinajstić information content (AvgIpc) is 2.77. The van der Waals surface area contributed by atoms with E-state index in [1.807, 2.05) is 13.0 Å². The first-order valence-corrected chi connectivity index (χ1v) is 11.6. The van der Waals surface area contributed by atoms with Crippen molar-refractivity contribution in [2.45, 2.75) is 44.9 Å². The molecule has 0 saturated heterocycles. The van der Waals surface area contributed by atoms with Gasteiger partial charge in [0.2, 0.25) is 0 Å². The zero-order chi connectivity index (χ0) is 25.2. The molecule has 2 heterocycles. The second-order valence-electron chi connectivity index (χ2n) is 9.03. The molecule has 4 nitrogen and oxygen atoms in total. The van der Waals surface area contributed by atoms with E-state index in [1.165, 1.54) is 13.8 Å². The molecule has 0 aliphatic carbocycles. The molecule has 34 heavy (non-hydrogen) atoms. The fourth-order valence-corrected chi connectivity index (χ4v) is 4.71. The molecule has 3 rings (SSSR count). The van der Waals surface area contributed by atoms with Gasteiger partial charge in [0.1, 0.15) is 29.7 Å². The van der Waals surface area contributed by atoms with Crippen molar-refractivity contribution in [1.29, 1.82) is 0 Å². The average molecular weight is 538 g/mol. The van der Waals surface area contributed by atoms with Gasteiger partial charge in [0, 0.05) is 34.3 Å². The van der Waals surface area contributed by atoms with Gasteiger partial charge in [-0.05, 0) is 74.8 Å². The van der Waals surface area contributed by atoms with Crippen molar-refractivity contribution in [3.8, 4) is 0 Å². The molecule has 1 aromatic rings. The first-order chi connectivity index (χ1) is 15.9. The van der Waals surface area contributed by atoms with Crippen LogP contribution in [0, 0.1) is 11.6 Å². The number of alkyl halides is 1. The molecule has 1 aromatic carbocycles. The molecular weight excluding hydrogens is 511 g/mol. The summed E-state index contributed by atoms with van der Waals surface area (Å²) in [5.41, 5.74) is -0.521. The van der Waals surface area contributed by atoms with Gasteiger partial charge >= 0.3 is 5.97 Å². The number of allylic oxidation sites excluding steroid dienone is 4. The topological polar surface area (TPSA) is 49.8 Å². The zero-order valence-electron chi connectivity index (χ0n) is 19.2. The Morgan fingerprint density at radius 2 is 2.00 bits per heavy atom. The number of halogens is 4. The molecule has 0 aromatic heterocycles. The van der Waals surface area contributed by atoms with E-state index in [0.29, 0.717) is 23.3 Å². The Morgan fingerprint density at radius 1 is 1.35 bits per heavy atom. The molecule has 2 aliphatic heterocycles. The molecule has 0 fully saturated rings. The molecule has 1 N–H and O–H groups in total. The largest absolute Gasteiger partial charge is 0.492 e. The maximum absolute atomic E-state index is 15.5.